The molecule has 0 aliphatic carbocycles. The third-order valence-electron chi connectivity index (χ3n) is 2.54. The molecular weight excluding hydrogens is 294 g/mol. The molecule has 0 radical (unpaired) electrons. The van der Waals surface area contributed by atoms with Crippen molar-refractivity contribution >= 4 is 15.8 Å². The number of hydrogen-bond acceptors (Lipinski definition) is 6. The van der Waals surface area contributed by atoms with Gasteiger partial charge in [0.15, 0.2) is 9.84 Å². The average Bonchev–Trinajstić information content (AvgIpc) is 2.36. The molecule has 20 heavy (non-hydrogen) atoms. The highest BCUT2D eigenvalue weighted by Gasteiger charge is 2.26. The molecule has 0 aliphatic rings. The van der Waals surface area contributed by atoms with Crippen LogP contribution in [0.5, 0.6) is 0 Å². The molecule has 1 heterocycles. The van der Waals surface area contributed by atoms with Gasteiger partial charge in [0.1, 0.15) is 22.3 Å². The fraction of sp³-hybridized carbons (Fsp3) is 0.545. The number of alkyl halides is 2. The van der Waals surface area contributed by atoms with Gasteiger partial charge in [0.25, 0.3) is 6.43 Å². The summed E-state index contributed by atoms with van der Waals surface area (Å²) in [5.74, 6) is -1.25. The molecule has 0 amide bonds. The Bertz CT molecular complexity index is 604. The minimum Gasteiger partial charge on any atom is -0.462 e. The predicted octanol–water partition coefficient (Wildman–Crippen LogP) is 1.70. The van der Waals surface area contributed by atoms with Crippen molar-refractivity contribution in [2.75, 3.05) is 12.9 Å². The molecule has 1 rings (SSSR count). The summed E-state index contributed by atoms with van der Waals surface area (Å²) < 4.78 is 53.2. The third-order valence-corrected chi connectivity index (χ3v) is 4.04. The molecule has 0 N–H and O–H groups in total. The van der Waals surface area contributed by atoms with Gasteiger partial charge < -0.3 is 4.74 Å². The van der Waals surface area contributed by atoms with E-state index in [1.165, 1.54) is 13.8 Å². The van der Waals surface area contributed by atoms with Crippen molar-refractivity contribution in [3.63, 3.8) is 0 Å². The summed E-state index contributed by atoms with van der Waals surface area (Å²) in [5, 5.41) is -1.14. The molecule has 1 atom stereocenters. The van der Waals surface area contributed by atoms with E-state index in [0.717, 1.165) is 12.5 Å². The zero-order valence-electron chi connectivity index (χ0n) is 11.1. The monoisotopic (exact) mass is 308 g/mol. The van der Waals surface area contributed by atoms with Gasteiger partial charge in [0.05, 0.1) is 6.61 Å². The van der Waals surface area contributed by atoms with Crippen LogP contribution in [0.2, 0.25) is 0 Å². The smallest absolute Gasteiger partial charge is 0.341 e. The van der Waals surface area contributed by atoms with Crippen LogP contribution in [0.15, 0.2) is 6.20 Å². The Morgan fingerprint density at radius 1 is 1.45 bits per heavy atom. The average molecular weight is 308 g/mol. The first-order chi connectivity index (χ1) is 9.18. The van der Waals surface area contributed by atoms with E-state index in [1.807, 2.05) is 0 Å². The summed E-state index contributed by atoms with van der Waals surface area (Å²) in [7, 11) is -3.53. The summed E-state index contributed by atoms with van der Waals surface area (Å²) in [6.07, 6.45) is -1.23. The van der Waals surface area contributed by atoms with Crippen molar-refractivity contribution in [3.05, 3.63) is 23.3 Å². The zero-order valence-corrected chi connectivity index (χ0v) is 11.9. The molecule has 0 saturated carbocycles. The Kier molecular flexibility index (Phi) is 5.09. The van der Waals surface area contributed by atoms with E-state index in [1.54, 1.807) is 0 Å². The van der Waals surface area contributed by atoms with Crippen molar-refractivity contribution in [1.82, 2.24) is 9.97 Å². The summed E-state index contributed by atoms with van der Waals surface area (Å²) in [5.41, 5.74) is -1.30. The van der Waals surface area contributed by atoms with Gasteiger partial charge in [-0.3, -0.25) is 0 Å². The van der Waals surface area contributed by atoms with Crippen molar-refractivity contribution in [2.24, 2.45) is 0 Å². The minimum atomic E-state index is -3.53. The van der Waals surface area contributed by atoms with Gasteiger partial charge in [-0.1, -0.05) is 0 Å². The van der Waals surface area contributed by atoms with Crippen LogP contribution >= 0.6 is 0 Å². The summed E-state index contributed by atoms with van der Waals surface area (Å²) >= 11 is 0. The van der Waals surface area contributed by atoms with Crippen molar-refractivity contribution in [3.8, 4) is 0 Å². The number of hydrogen-bond donors (Lipinski definition) is 0. The summed E-state index contributed by atoms with van der Waals surface area (Å²) in [6, 6.07) is 0. The first kappa shape index (κ1) is 16.4. The lowest BCUT2D eigenvalue weighted by Gasteiger charge is -2.12. The zero-order chi connectivity index (χ0) is 15.5. The maximum Gasteiger partial charge on any atom is 0.341 e. The van der Waals surface area contributed by atoms with Crippen molar-refractivity contribution < 1.29 is 26.7 Å². The molecule has 0 aromatic carbocycles. The Labute approximate surface area is 115 Å². The SMILES string of the molecule is CCOC(=O)c1cnc(C(C)S(C)(=O)=O)nc1C(F)F. The maximum atomic E-state index is 12.9. The number of nitrogens with zero attached hydrogens (tertiary/aromatic N) is 2. The maximum absolute atomic E-state index is 12.9. The largest absolute Gasteiger partial charge is 0.462 e. The molecule has 0 bridgehead atoms. The van der Waals surface area contributed by atoms with Gasteiger partial charge in [-0.2, -0.15) is 0 Å². The van der Waals surface area contributed by atoms with Crippen LogP contribution in [0.4, 0.5) is 8.78 Å². The number of rotatable bonds is 5. The van der Waals surface area contributed by atoms with Crippen molar-refractivity contribution in [1.29, 1.82) is 0 Å². The molecule has 1 unspecified atom stereocenters. The van der Waals surface area contributed by atoms with E-state index >= 15 is 0 Å². The highest BCUT2D eigenvalue weighted by Crippen LogP contribution is 2.24. The Morgan fingerprint density at radius 2 is 2.05 bits per heavy atom. The lowest BCUT2D eigenvalue weighted by Crippen LogP contribution is -2.16. The first-order valence-electron chi connectivity index (χ1n) is 5.69. The second-order valence-corrected chi connectivity index (χ2v) is 6.39. The number of carbonyl (C=O) groups is 1. The third kappa shape index (κ3) is 3.69. The number of halogens is 2. The molecule has 1 aromatic rings. The standard InChI is InChI=1S/C11H14F2N2O4S/c1-4-19-11(16)7-5-14-10(6(2)20(3,17)18)15-8(7)9(12)13/h5-6,9H,4H2,1-3H3. The summed E-state index contributed by atoms with van der Waals surface area (Å²) in [4.78, 5) is 18.7. The molecule has 0 saturated heterocycles. The van der Waals surface area contributed by atoms with Gasteiger partial charge >= 0.3 is 5.97 Å². The van der Waals surface area contributed by atoms with Crippen LogP contribution in [-0.2, 0) is 14.6 Å². The van der Waals surface area contributed by atoms with E-state index < -0.39 is 38.7 Å². The second-order valence-electron chi connectivity index (χ2n) is 4.02. The first-order valence-corrected chi connectivity index (χ1v) is 7.64. The van der Waals surface area contributed by atoms with E-state index in [4.69, 9.17) is 0 Å². The van der Waals surface area contributed by atoms with E-state index in [0.29, 0.717) is 0 Å². The number of ether oxygens (including phenoxy) is 1. The van der Waals surface area contributed by atoms with Crippen LogP contribution in [0, 0.1) is 0 Å². The van der Waals surface area contributed by atoms with Gasteiger partial charge in [-0.15, -0.1) is 0 Å². The van der Waals surface area contributed by atoms with Gasteiger partial charge in [0, 0.05) is 12.5 Å². The molecule has 112 valence electrons. The molecule has 6 nitrogen and oxygen atoms in total. The highest BCUT2D eigenvalue weighted by atomic mass is 32.2. The Hall–Kier alpha value is -1.64. The highest BCUT2D eigenvalue weighted by molar-refractivity contribution is 7.90. The molecule has 0 fully saturated rings. The Morgan fingerprint density at radius 3 is 2.50 bits per heavy atom. The van der Waals surface area contributed by atoms with Crippen LogP contribution in [0.3, 0.4) is 0 Å². The van der Waals surface area contributed by atoms with Crippen LogP contribution in [0.25, 0.3) is 0 Å². The normalized spacial score (nSPS) is 13.3. The van der Waals surface area contributed by atoms with E-state index in [9.17, 15) is 22.0 Å². The summed E-state index contributed by atoms with van der Waals surface area (Å²) in [6.45, 7) is 2.83. The fourth-order valence-electron chi connectivity index (χ4n) is 1.33. The number of sulfone groups is 1. The van der Waals surface area contributed by atoms with Crippen molar-refractivity contribution in [2.45, 2.75) is 25.5 Å². The van der Waals surface area contributed by atoms with Crippen LogP contribution in [-0.4, -0.2) is 37.2 Å². The molecule has 9 heteroatoms. The van der Waals surface area contributed by atoms with Gasteiger partial charge in [-0.05, 0) is 13.8 Å². The van der Waals surface area contributed by atoms with Crippen LogP contribution in [0.1, 0.15) is 47.4 Å². The fourth-order valence-corrected chi connectivity index (χ4v) is 1.83. The Balaban J connectivity index is 3.30. The number of aromatic nitrogens is 2. The lowest BCUT2D eigenvalue weighted by molar-refractivity contribution is 0.0512. The molecular formula is C11H14F2N2O4S. The number of carbonyl (C=O) groups excluding carboxylic acids is 1. The number of esters is 1. The van der Waals surface area contributed by atoms with Gasteiger partial charge in [-0.25, -0.2) is 32.0 Å². The van der Waals surface area contributed by atoms with Gasteiger partial charge in [0.2, 0.25) is 0 Å². The lowest BCUT2D eigenvalue weighted by atomic mass is 10.2. The quantitative estimate of drug-likeness (QED) is 0.769. The molecule has 1 aromatic heterocycles. The van der Waals surface area contributed by atoms with E-state index in [-0.39, 0.29) is 12.4 Å². The predicted molar refractivity (Wildman–Crippen MR) is 66.2 cm³/mol. The van der Waals surface area contributed by atoms with E-state index in [2.05, 4.69) is 14.7 Å². The topological polar surface area (TPSA) is 86.2 Å². The van der Waals surface area contributed by atoms with Crippen LogP contribution < -0.4 is 0 Å². The second kappa shape index (κ2) is 6.21. The minimum absolute atomic E-state index is 0.0169. The molecule has 0 aliphatic heterocycles. The molecule has 0 spiro atoms.